The summed E-state index contributed by atoms with van der Waals surface area (Å²) in [5, 5.41) is 3.49. The van der Waals surface area contributed by atoms with Gasteiger partial charge in [0, 0.05) is 48.0 Å². The Bertz CT molecular complexity index is 1310. The van der Waals surface area contributed by atoms with Gasteiger partial charge in [-0.25, -0.2) is 13.4 Å². The normalized spacial score (nSPS) is 15.6. The highest BCUT2D eigenvalue weighted by molar-refractivity contribution is 7.89. The molecular formula is C21H17Cl3F3N3O2S2. The van der Waals surface area contributed by atoms with Gasteiger partial charge in [0.05, 0.1) is 16.3 Å². The Morgan fingerprint density at radius 3 is 2.32 bits per heavy atom. The van der Waals surface area contributed by atoms with Crippen molar-refractivity contribution in [2.24, 2.45) is 0 Å². The Morgan fingerprint density at radius 1 is 0.971 bits per heavy atom. The number of hydrogen-bond acceptors (Lipinski definition) is 5. The van der Waals surface area contributed by atoms with Crippen LogP contribution in [0.5, 0.6) is 0 Å². The average Bonchev–Trinajstić information content (AvgIpc) is 3.24. The molecule has 2 heterocycles. The van der Waals surface area contributed by atoms with Crippen LogP contribution in [0.4, 0.5) is 18.3 Å². The molecule has 1 aromatic heterocycles. The van der Waals surface area contributed by atoms with E-state index in [2.05, 4.69) is 4.98 Å². The molecule has 0 spiro atoms. The molecule has 1 aliphatic rings. The van der Waals surface area contributed by atoms with Crippen LogP contribution in [0.1, 0.15) is 16.8 Å². The number of nitrogens with zero attached hydrogens (tertiary/aromatic N) is 3. The summed E-state index contributed by atoms with van der Waals surface area (Å²) >= 11 is 19.6. The van der Waals surface area contributed by atoms with Crippen LogP contribution in [0, 0.1) is 0 Å². The summed E-state index contributed by atoms with van der Waals surface area (Å²) in [4.78, 5) is 6.02. The minimum Gasteiger partial charge on any atom is -0.345 e. The van der Waals surface area contributed by atoms with Crippen molar-refractivity contribution >= 4 is 61.3 Å². The molecule has 1 fully saturated rings. The molecule has 3 aromatic rings. The highest BCUT2D eigenvalue weighted by Gasteiger charge is 2.35. The van der Waals surface area contributed by atoms with Crippen LogP contribution in [0.25, 0.3) is 0 Å². The third-order valence-corrected chi connectivity index (χ3v) is 9.23. The molecule has 0 bridgehead atoms. The van der Waals surface area contributed by atoms with E-state index in [0.29, 0.717) is 35.6 Å². The van der Waals surface area contributed by atoms with Crippen molar-refractivity contribution in [3.05, 3.63) is 73.7 Å². The molecule has 0 saturated carbocycles. The van der Waals surface area contributed by atoms with E-state index in [-0.39, 0.29) is 18.1 Å². The Balaban J connectivity index is 1.45. The zero-order valence-corrected chi connectivity index (χ0v) is 21.2. The maximum absolute atomic E-state index is 13.1. The number of piperazine rings is 1. The first-order valence-electron chi connectivity index (χ1n) is 9.95. The number of rotatable bonds is 5. The third-order valence-electron chi connectivity index (χ3n) is 5.31. The molecule has 0 aliphatic carbocycles. The molecule has 182 valence electrons. The second kappa shape index (κ2) is 9.83. The van der Waals surface area contributed by atoms with Gasteiger partial charge in [0.25, 0.3) is 0 Å². The molecule has 0 unspecified atom stereocenters. The van der Waals surface area contributed by atoms with Crippen molar-refractivity contribution in [2.75, 3.05) is 31.1 Å². The number of sulfonamides is 1. The van der Waals surface area contributed by atoms with Gasteiger partial charge in [-0.2, -0.15) is 17.5 Å². The topological polar surface area (TPSA) is 53.5 Å². The summed E-state index contributed by atoms with van der Waals surface area (Å²) < 4.78 is 66.4. The third kappa shape index (κ3) is 5.47. The predicted molar refractivity (Wildman–Crippen MR) is 129 cm³/mol. The number of benzene rings is 2. The molecule has 0 amide bonds. The number of alkyl halides is 3. The van der Waals surface area contributed by atoms with Crippen molar-refractivity contribution < 1.29 is 21.6 Å². The predicted octanol–water partition coefficient (Wildman–Crippen LogP) is 6.22. The molecule has 13 heteroatoms. The number of anilines is 1. The van der Waals surface area contributed by atoms with E-state index in [1.54, 1.807) is 12.1 Å². The van der Waals surface area contributed by atoms with Crippen LogP contribution in [0.3, 0.4) is 0 Å². The summed E-state index contributed by atoms with van der Waals surface area (Å²) in [7, 11) is -4.19. The SMILES string of the molecule is O=S(=O)(c1cc(C(F)(F)F)ccc1Cl)N1CCN(c2nc(Cc3ccc(Cl)cc3Cl)cs2)CC1. The van der Waals surface area contributed by atoms with Gasteiger partial charge >= 0.3 is 6.18 Å². The van der Waals surface area contributed by atoms with E-state index in [1.165, 1.54) is 11.3 Å². The maximum Gasteiger partial charge on any atom is 0.416 e. The van der Waals surface area contributed by atoms with Crippen LogP contribution >= 0.6 is 46.1 Å². The summed E-state index contributed by atoms with van der Waals surface area (Å²) in [6, 6.07) is 7.56. The fraction of sp³-hybridized carbons (Fsp3) is 0.286. The highest BCUT2D eigenvalue weighted by atomic mass is 35.5. The Morgan fingerprint density at radius 2 is 1.68 bits per heavy atom. The lowest BCUT2D eigenvalue weighted by molar-refractivity contribution is -0.137. The van der Waals surface area contributed by atoms with E-state index in [1.807, 2.05) is 16.3 Å². The number of halogens is 6. The lowest BCUT2D eigenvalue weighted by Gasteiger charge is -2.34. The molecule has 5 nitrogen and oxygen atoms in total. The van der Waals surface area contributed by atoms with Crippen LogP contribution in [0.2, 0.25) is 15.1 Å². The fourth-order valence-corrected chi connectivity index (χ4v) is 6.80. The summed E-state index contributed by atoms with van der Waals surface area (Å²) in [6.45, 7) is 0.856. The monoisotopic (exact) mass is 569 g/mol. The number of aromatic nitrogens is 1. The van der Waals surface area contributed by atoms with Crippen molar-refractivity contribution in [2.45, 2.75) is 17.5 Å². The van der Waals surface area contributed by atoms with Gasteiger partial charge in [-0.15, -0.1) is 11.3 Å². The average molecular weight is 571 g/mol. The maximum atomic E-state index is 13.1. The first-order valence-corrected chi connectivity index (χ1v) is 13.4. The van der Waals surface area contributed by atoms with Crippen molar-refractivity contribution in [1.82, 2.24) is 9.29 Å². The lowest BCUT2D eigenvalue weighted by Crippen LogP contribution is -2.48. The lowest BCUT2D eigenvalue weighted by atomic mass is 10.1. The molecule has 1 aliphatic heterocycles. The fourth-order valence-electron chi connectivity index (χ4n) is 3.52. The van der Waals surface area contributed by atoms with E-state index in [0.717, 1.165) is 32.8 Å². The first-order chi connectivity index (χ1) is 15.9. The summed E-state index contributed by atoms with van der Waals surface area (Å²) in [6.07, 6.45) is -4.15. The molecule has 2 aromatic carbocycles. The van der Waals surface area contributed by atoms with E-state index in [4.69, 9.17) is 34.8 Å². The number of thiazole rings is 1. The molecule has 1 saturated heterocycles. The zero-order valence-electron chi connectivity index (χ0n) is 17.3. The van der Waals surface area contributed by atoms with Crippen molar-refractivity contribution in [1.29, 1.82) is 0 Å². The summed E-state index contributed by atoms with van der Waals surface area (Å²) in [5.41, 5.74) is 0.636. The molecule has 4 rings (SSSR count). The second-order valence-electron chi connectivity index (χ2n) is 7.57. The Hall–Kier alpha value is -1.56. The quantitative estimate of drug-likeness (QED) is 0.365. The van der Waals surface area contributed by atoms with E-state index >= 15 is 0 Å². The van der Waals surface area contributed by atoms with Gasteiger partial charge in [-0.05, 0) is 35.9 Å². The van der Waals surface area contributed by atoms with Crippen molar-refractivity contribution in [3.63, 3.8) is 0 Å². The van der Waals surface area contributed by atoms with Gasteiger partial charge in [0.2, 0.25) is 10.0 Å². The van der Waals surface area contributed by atoms with Crippen LogP contribution in [-0.4, -0.2) is 43.9 Å². The minimum atomic E-state index is -4.67. The minimum absolute atomic E-state index is 0.0901. The van der Waals surface area contributed by atoms with E-state index in [9.17, 15) is 21.6 Å². The number of hydrogen-bond donors (Lipinski definition) is 0. The second-order valence-corrected chi connectivity index (χ2v) is 11.6. The molecule has 34 heavy (non-hydrogen) atoms. The smallest absolute Gasteiger partial charge is 0.345 e. The Kier molecular flexibility index (Phi) is 7.38. The van der Waals surface area contributed by atoms with Gasteiger partial charge in [0.1, 0.15) is 4.90 Å². The van der Waals surface area contributed by atoms with Gasteiger partial charge in [-0.1, -0.05) is 40.9 Å². The van der Waals surface area contributed by atoms with Crippen LogP contribution < -0.4 is 4.90 Å². The zero-order chi connectivity index (χ0) is 24.7. The largest absolute Gasteiger partial charge is 0.416 e. The van der Waals surface area contributed by atoms with Crippen LogP contribution in [-0.2, 0) is 22.6 Å². The molecule has 0 radical (unpaired) electrons. The Labute approximate surface area is 213 Å². The molecular weight excluding hydrogens is 554 g/mol. The van der Waals surface area contributed by atoms with Gasteiger partial charge < -0.3 is 4.90 Å². The van der Waals surface area contributed by atoms with Gasteiger partial charge in [0.15, 0.2) is 5.13 Å². The van der Waals surface area contributed by atoms with Gasteiger partial charge in [-0.3, -0.25) is 0 Å². The molecule has 0 N–H and O–H groups in total. The first kappa shape index (κ1) is 25.5. The van der Waals surface area contributed by atoms with E-state index < -0.39 is 26.7 Å². The standard InChI is InChI=1S/C21H17Cl3F3N3O2S2/c22-15-3-1-13(18(24)11-15)9-16-12-33-20(28-16)29-5-7-30(8-6-29)34(31,32)19-10-14(21(25,26)27)2-4-17(19)23/h1-4,10-12H,5-9H2. The van der Waals surface area contributed by atoms with Crippen molar-refractivity contribution in [3.8, 4) is 0 Å². The van der Waals surface area contributed by atoms with Crippen LogP contribution in [0.15, 0.2) is 46.7 Å². The highest BCUT2D eigenvalue weighted by Crippen LogP contribution is 2.35. The summed E-state index contributed by atoms with van der Waals surface area (Å²) in [5.74, 6) is 0. The molecule has 0 atom stereocenters.